The van der Waals surface area contributed by atoms with Gasteiger partial charge in [0.05, 0.1) is 18.1 Å². The second-order valence-corrected chi connectivity index (χ2v) is 6.55. The lowest BCUT2D eigenvalue weighted by Crippen LogP contribution is -2.31. The largest absolute Gasteiger partial charge is 0.462 e. The molecular formula is C17H24O5. The summed E-state index contributed by atoms with van der Waals surface area (Å²) in [5.74, 6) is -0.308. The molecule has 3 atom stereocenters. The third-order valence-electron chi connectivity index (χ3n) is 3.46. The second kappa shape index (κ2) is 7.22. The third kappa shape index (κ3) is 4.80. The van der Waals surface area contributed by atoms with Gasteiger partial charge < -0.3 is 19.3 Å². The molecule has 0 unspecified atom stereocenters. The van der Waals surface area contributed by atoms with E-state index >= 15 is 0 Å². The molecule has 0 aliphatic carbocycles. The highest BCUT2D eigenvalue weighted by molar-refractivity contribution is 5.75. The van der Waals surface area contributed by atoms with E-state index < -0.39 is 23.9 Å². The number of benzene rings is 1. The number of hydrogen-bond acceptors (Lipinski definition) is 5. The number of esters is 1. The molecule has 0 bridgehead atoms. The Morgan fingerprint density at radius 3 is 2.64 bits per heavy atom. The van der Waals surface area contributed by atoms with Crippen LogP contribution in [0.15, 0.2) is 30.3 Å². The first-order chi connectivity index (χ1) is 10.4. The van der Waals surface area contributed by atoms with Gasteiger partial charge in [-0.15, -0.1) is 0 Å². The molecule has 2 rings (SSSR count). The van der Waals surface area contributed by atoms with Crippen molar-refractivity contribution in [2.45, 2.75) is 52.3 Å². The van der Waals surface area contributed by atoms with Crippen LogP contribution in [0.3, 0.4) is 0 Å². The highest BCUT2D eigenvalue weighted by Crippen LogP contribution is 2.24. The monoisotopic (exact) mass is 308 g/mol. The zero-order valence-electron chi connectivity index (χ0n) is 13.3. The second-order valence-electron chi connectivity index (χ2n) is 6.55. The molecule has 22 heavy (non-hydrogen) atoms. The molecule has 0 spiro atoms. The first-order valence-electron chi connectivity index (χ1n) is 7.52. The molecule has 1 fully saturated rings. The molecule has 0 aromatic heterocycles. The number of hydrogen-bond donors (Lipinski definition) is 1. The molecule has 1 aromatic carbocycles. The van der Waals surface area contributed by atoms with Crippen LogP contribution < -0.4 is 0 Å². The smallest absolute Gasteiger partial charge is 0.311 e. The fraction of sp³-hybridized carbons (Fsp3) is 0.588. The first-order valence-corrected chi connectivity index (χ1v) is 7.52. The van der Waals surface area contributed by atoms with Crippen LogP contribution in [0.25, 0.3) is 0 Å². The van der Waals surface area contributed by atoms with E-state index in [1.807, 2.05) is 30.3 Å². The highest BCUT2D eigenvalue weighted by atomic mass is 16.7. The van der Waals surface area contributed by atoms with Gasteiger partial charge in [0.2, 0.25) is 0 Å². The maximum Gasteiger partial charge on any atom is 0.311 e. The van der Waals surface area contributed by atoms with Crippen molar-refractivity contribution in [3.05, 3.63) is 35.9 Å². The molecule has 122 valence electrons. The topological polar surface area (TPSA) is 65.0 Å². The van der Waals surface area contributed by atoms with Crippen LogP contribution in [0.1, 0.15) is 32.8 Å². The summed E-state index contributed by atoms with van der Waals surface area (Å²) < 4.78 is 16.4. The summed E-state index contributed by atoms with van der Waals surface area (Å²) in [6.45, 7) is 5.82. The number of carbonyl (C=O) groups excluding carboxylic acids is 1. The van der Waals surface area contributed by atoms with Gasteiger partial charge in [-0.25, -0.2) is 0 Å². The average molecular weight is 308 g/mol. The average Bonchev–Trinajstić information content (AvgIpc) is 2.83. The highest BCUT2D eigenvalue weighted by Gasteiger charge is 2.36. The molecule has 1 aliphatic heterocycles. The Hall–Kier alpha value is -1.43. The summed E-state index contributed by atoms with van der Waals surface area (Å²) in [5.41, 5.74) is 0.482. The summed E-state index contributed by atoms with van der Waals surface area (Å²) in [6, 6.07) is 9.76. The molecule has 1 aromatic rings. The minimum absolute atomic E-state index is 0.0441. The van der Waals surface area contributed by atoms with Crippen LogP contribution in [0.4, 0.5) is 0 Å². The van der Waals surface area contributed by atoms with Gasteiger partial charge in [-0.2, -0.15) is 0 Å². The Balaban J connectivity index is 1.76. The zero-order valence-corrected chi connectivity index (χ0v) is 13.3. The molecule has 0 saturated carbocycles. The Morgan fingerprint density at radius 2 is 2.00 bits per heavy atom. The van der Waals surface area contributed by atoms with Crippen molar-refractivity contribution in [1.82, 2.24) is 0 Å². The first kappa shape index (κ1) is 16.9. The van der Waals surface area contributed by atoms with Gasteiger partial charge in [0.1, 0.15) is 12.7 Å². The number of ether oxygens (including phenoxy) is 3. The zero-order chi connectivity index (χ0) is 16.2. The van der Waals surface area contributed by atoms with Crippen molar-refractivity contribution in [1.29, 1.82) is 0 Å². The third-order valence-corrected chi connectivity index (χ3v) is 3.46. The summed E-state index contributed by atoms with van der Waals surface area (Å²) in [6.07, 6.45) is -1.32. The van der Waals surface area contributed by atoms with E-state index in [0.29, 0.717) is 13.0 Å². The van der Waals surface area contributed by atoms with E-state index in [9.17, 15) is 9.90 Å². The molecular weight excluding hydrogens is 284 g/mol. The Kier molecular flexibility index (Phi) is 5.56. The lowest BCUT2D eigenvalue weighted by molar-refractivity contribution is -0.171. The lowest BCUT2D eigenvalue weighted by Gasteiger charge is -2.20. The summed E-state index contributed by atoms with van der Waals surface area (Å²) in [5, 5.41) is 9.98. The number of aliphatic hydroxyl groups is 1. The maximum atomic E-state index is 11.7. The number of rotatable bonds is 5. The minimum atomic E-state index is -0.687. The molecule has 1 heterocycles. The molecule has 1 aliphatic rings. The number of carbonyl (C=O) groups is 1. The van der Waals surface area contributed by atoms with E-state index in [2.05, 4.69) is 0 Å². The van der Waals surface area contributed by atoms with Crippen LogP contribution in [0, 0.1) is 5.41 Å². The van der Waals surface area contributed by atoms with Gasteiger partial charge in [0.15, 0.2) is 6.29 Å². The molecule has 5 nitrogen and oxygen atoms in total. The maximum absolute atomic E-state index is 11.7. The molecule has 1 saturated heterocycles. The van der Waals surface area contributed by atoms with E-state index in [1.165, 1.54) is 0 Å². The van der Waals surface area contributed by atoms with Crippen molar-refractivity contribution in [2.24, 2.45) is 5.41 Å². The van der Waals surface area contributed by atoms with Crippen molar-refractivity contribution in [3.63, 3.8) is 0 Å². The minimum Gasteiger partial charge on any atom is -0.462 e. The van der Waals surface area contributed by atoms with E-state index in [-0.39, 0.29) is 12.6 Å². The van der Waals surface area contributed by atoms with Crippen LogP contribution in [-0.4, -0.2) is 36.2 Å². The number of aliphatic hydroxyl groups excluding tert-OH is 1. The van der Waals surface area contributed by atoms with Crippen LogP contribution in [0.5, 0.6) is 0 Å². The van der Waals surface area contributed by atoms with Crippen molar-refractivity contribution in [3.8, 4) is 0 Å². The SMILES string of the molecule is CC(C)(C)C(=O)OC[C@H]1O[C@H](OCc2ccccc2)C[C@@H]1O. The summed E-state index contributed by atoms with van der Waals surface area (Å²) in [4.78, 5) is 11.7. The summed E-state index contributed by atoms with van der Waals surface area (Å²) in [7, 11) is 0. The van der Waals surface area contributed by atoms with Gasteiger partial charge in [-0.1, -0.05) is 30.3 Å². The molecule has 0 radical (unpaired) electrons. The standard InChI is InChI=1S/C17H24O5/c1-17(2,3)16(19)21-11-14-13(18)9-15(22-14)20-10-12-7-5-4-6-8-12/h4-8,13-15,18H,9-11H2,1-3H3/t13-,14+,15-/m0/s1. The van der Waals surface area contributed by atoms with Crippen LogP contribution in [-0.2, 0) is 25.6 Å². The normalized spacial score (nSPS) is 25.2. The van der Waals surface area contributed by atoms with Crippen molar-refractivity contribution in [2.75, 3.05) is 6.61 Å². The van der Waals surface area contributed by atoms with E-state index in [1.54, 1.807) is 20.8 Å². The van der Waals surface area contributed by atoms with Crippen molar-refractivity contribution < 1.29 is 24.1 Å². The van der Waals surface area contributed by atoms with Crippen LogP contribution in [0.2, 0.25) is 0 Å². The lowest BCUT2D eigenvalue weighted by atomic mass is 9.97. The Bertz CT molecular complexity index is 480. The fourth-order valence-electron chi connectivity index (χ4n) is 2.09. The molecule has 0 amide bonds. The van der Waals surface area contributed by atoms with E-state index in [4.69, 9.17) is 14.2 Å². The Morgan fingerprint density at radius 1 is 1.32 bits per heavy atom. The Labute approximate surface area is 131 Å². The van der Waals surface area contributed by atoms with Crippen LogP contribution >= 0.6 is 0 Å². The van der Waals surface area contributed by atoms with Gasteiger partial charge >= 0.3 is 5.97 Å². The van der Waals surface area contributed by atoms with Gasteiger partial charge in [0.25, 0.3) is 0 Å². The quantitative estimate of drug-likeness (QED) is 0.845. The molecule has 1 N–H and O–H groups in total. The van der Waals surface area contributed by atoms with Gasteiger partial charge in [-0.05, 0) is 26.3 Å². The summed E-state index contributed by atoms with van der Waals surface area (Å²) >= 11 is 0. The fourth-order valence-corrected chi connectivity index (χ4v) is 2.09. The van der Waals surface area contributed by atoms with Gasteiger partial charge in [0, 0.05) is 6.42 Å². The molecule has 5 heteroatoms. The van der Waals surface area contributed by atoms with Gasteiger partial charge in [-0.3, -0.25) is 4.79 Å². The van der Waals surface area contributed by atoms with E-state index in [0.717, 1.165) is 5.56 Å². The van der Waals surface area contributed by atoms with Crippen molar-refractivity contribution >= 4 is 5.97 Å². The predicted molar refractivity (Wildman–Crippen MR) is 80.9 cm³/mol. The predicted octanol–water partition coefficient (Wildman–Crippen LogP) is 2.27.